The topological polar surface area (TPSA) is 249 Å². The number of anilines is 6. The van der Waals surface area contributed by atoms with Gasteiger partial charge in [-0.3, -0.25) is 33.6 Å². The average Bonchev–Trinajstić information content (AvgIpc) is 1.21. The number of morpholine rings is 2. The predicted octanol–water partition coefficient (Wildman–Crippen LogP) is 9.30. The van der Waals surface area contributed by atoms with Gasteiger partial charge in [0.05, 0.1) is 79.8 Å². The summed E-state index contributed by atoms with van der Waals surface area (Å²) in [6.07, 6.45) is 7.04. The number of rotatable bonds is 12. The largest absolute Gasteiger partial charge is 0.491 e. The molecule has 22 nitrogen and oxygen atoms in total. The first-order chi connectivity index (χ1) is 45.1. The Balaban J connectivity index is 0.000000192. The van der Waals surface area contributed by atoms with E-state index in [1.54, 1.807) is 107 Å². The molecule has 0 radical (unpaired) electrons. The molecular weight excluding hydrogens is 1200 g/mol. The number of aliphatic hydroxyl groups is 1. The molecule has 0 aliphatic carbocycles. The van der Waals surface area contributed by atoms with Crippen LogP contribution in [0.15, 0.2) is 144 Å². The number of hydrogen-bond acceptors (Lipinski definition) is 16. The zero-order valence-corrected chi connectivity index (χ0v) is 54.0. The van der Waals surface area contributed by atoms with E-state index in [1.165, 1.54) is 21.5 Å². The van der Waals surface area contributed by atoms with Gasteiger partial charge in [-0.1, -0.05) is 77.9 Å². The second-order valence-electron chi connectivity index (χ2n) is 25.4. The SMILES string of the molecule is Cn1cc(-c2cccc(N3CCOc4cc(C(C)(C)C)ccc4C3=O)c2C=O)cc(Nc2ccc(C(=O)N3CCOCC3)cn2)c1=O.Cn1cc(-c2cccc(N3CCOc4cc(C(C)(C)C)ccc4C3=O)c2CO)cc(Nc2ccc(C(=O)N3CCOCC3)cn2)c1=O. The lowest BCUT2D eigenvalue weighted by Gasteiger charge is -2.26. The van der Waals surface area contributed by atoms with Crippen molar-refractivity contribution < 1.29 is 48.0 Å². The molecule has 4 aromatic carbocycles. The fraction of sp³-hybridized carbons (Fsp3) is 0.319. The van der Waals surface area contributed by atoms with Gasteiger partial charge in [-0.25, -0.2) is 9.97 Å². The summed E-state index contributed by atoms with van der Waals surface area (Å²) in [7, 11) is 3.27. The first-order valence-corrected chi connectivity index (χ1v) is 31.2. The Hall–Kier alpha value is -10.3. The number of pyridine rings is 4. The molecule has 0 bridgehead atoms. The second-order valence-corrected chi connectivity index (χ2v) is 25.4. The highest BCUT2D eigenvalue weighted by molar-refractivity contribution is 6.12. The smallest absolute Gasteiger partial charge is 0.274 e. The molecule has 4 aromatic heterocycles. The summed E-state index contributed by atoms with van der Waals surface area (Å²) in [5.41, 5.74) is 7.95. The van der Waals surface area contributed by atoms with E-state index in [1.807, 2.05) is 48.5 Å². The monoisotopic (exact) mass is 1270 g/mol. The van der Waals surface area contributed by atoms with Crippen LogP contribution in [0.1, 0.15) is 110 Å². The zero-order valence-electron chi connectivity index (χ0n) is 54.0. The van der Waals surface area contributed by atoms with Crippen LogP contribution in [-0.2, 0) is 41.0 Å². The van der Waals surface area contributed by atoms with Crippen molar-refractivity contribution in [3.05, 3.63) is 199 Å². The van der Waals surface area contributed by atoms with Crippen molar-refractivity contribution in [3.63, 3.8) is 0 Å². The minimum absolute atomic E-state index is 0.100. The van der Waals surface area contributed by atoms with E-state index < -0.39 is 0 Å². The fourth-order valence-electron chi connectivity index (χ4n) is 11.7. The summed E-state index contributed by atoms with van der Waals surface area (Å²) >= 11 is 0. The molecule has 0 saturated carbocycles. The molecule has 4 aliphatic heterocycles. The van der Waals surface area contributed by atoms with Crippen LogP contribution in [0.3, 0.4) is 0 Å². The molecule has 2 fully saturated rings. The van der Waals surface area contributed by atoms with Crippen LogP contribution in [0.4, 0.5) is 34.4 Å². The maximum atomic E-state index is 13.9. The lowest BCUT2D eigenvalue weighted by Crippen LogP contribution is -2.40. The number of hydrogen-bond donors (Lipinski definition) is 3. The zero-order chi connectivity index (χ0) is 66.6. The van der Waals surface area contributed by atoms with Gasteiger partial charge in [-0.05, 0) is 106 Å². The molecule has 12 rings (SSSR count). The lowest BCUT2D eigenvalue weighted by atomic mass is 9.86. The van der Waals surface area contributed by atoms with Crippen molar-refractivity contribution in [2.45, 2.75) is 59.0 Å². The molecular formula is C72H76N10O12. The summed E-state index contributed by atoms with van der Waals surface area (Å²) in [6, 6.07) is 32.1. The number of nitrogens with one attached hydrogen (secondary N) is 2. The van der Waals surface area contributed by atoms with Gasteiger partial charge in [-0.2, -0.15) is 0 Å². The van der Waals surface area contributed by atoms with E-state index in [2.05, 4.69) is 62.1 Å². The van der Waals surface area contributed by atoms with Crippen LogP contribution in [0.5, 0.6) is 11.5 Å². The second kappa shape index (κ2) is 27.5. The molecule has 0 spiro atoms. The molecule has 8 heterocycles. The Kier molecular flexibility index (Phi) is 19.1. The molecule has 486 valence electrons. The summed E-state index contributed by atoms with van der Waals surface area (Å²) in [4.78, 5) is 108. The molecule has 0 atom stereocenters. The van der Waals surface area contributed by atoms with Gasteiger partial charge in [0.15, 0.2) is 6.29 Å². The number of aliphatic hydroxyl groups excluding tert-OH is 1. The maximum absolute atomic E-state index is 13.9. The van der Waals surface area contributed by atoms with Crippen LogP contribution in [0.2, 0.25) is 0 Å². The van der Waals surface area contributed by atoms with Gasteiger partial charge in [0.1, 0.15) is 47.7 Å². The predicted molar refractivity (Wildman–Crippen MR) is 359 cm³/mol. The third-order valence-corrected chi connectivity index (χ3v) is 17.0. The molecule has 3 N–H and O–H groups in total. The van der Waals surface area contributed by atoms with Crippen molar-refractivity contribution in [2.24, 2.45) is 14.1 Å². The molecule has 4 amide bonds. The number of benzene rings is 4. The summed E-state index contributed by atoms with van der Waals surface area (Å²) in [5.74, 6) is 1.13. The first-order valence-electron chi connectivity index (χ1n) is 31.2. The lowest BCUT2D eigenvalue weighted by molar-refractivity contribution is 0.0301. The summed E-state index contributed by atoms with van der Waals surface area (Å²) in [6.45, 7) is 17.5. The van der Waals surface area contributed by atoms with Gasteiger partial charge in [-0.15, -0.1) is 0 Å². The van der Waals surface area contributed by atoms with E-state index in [0.29, 0.717) is 156 Å². The summed E-state index contributed by atoms with van der Waals surface area (Å²) in [5, 5.41) is 16.8. The van der Waals surface area contributed by atoms with Crippen LogP contribution >= 0.6 is 0 Å². The molecule has 4 aliphatic rings. The fourth-order valence-corrected chi connectivity index (χ4v) is 11.7. The number of nitrogens with zero attached hydrogens (tertiary/aromatic N) is 8. The van der Waals surface area contributed by atoms with Crippen LogP contribution in [0.25, 0.3) is 22.3 Å². The number of aldehydes is 1. The molecule has 22 heteroatoms. The normalized spacial score (nSPS) is 15.1. The van der Waals surface area contributed by atoms with Gasteiger partial charge >= 0.3 is 0 Å². The standard InChI is InChI=1S/C36H39N5O6.C36H37N5O6/c2*1-36(2,3)25-9-10-27-31(19-25)47-17-14-41(34(27)44)30-7-5-6-26(28(30)22-42)24-18-29(35(45)39(4)21-24)38-32-11-8-23(20-37-32)33(43)40-12-15-46-16-13-40/h5-11,18-21,42H,12-17,22H2,1-4H3,(H,37,38);5-11,18-22H,12-17H2,1-4H3,(H,37,38). The number of carbonyl (C=O) groups is 5. The minimum Gasteiger partial charge on any atom is -0.491 e. The number of carbonyl (C=O) groups excluding carboxylic acids is 5. The van der Waals surface area contributed by atoms with Crippen LogP contribution in [-0.4, -0.2) is 143 Å². The maximum Gasteiger partial charge on any atom is 0.274 e. The van der Waals surface area contributed by atoms with Gasteiger partial charge < -0.3 is 63.4 Å². The number of aryl methyl sites for hydroxylation is 2. The Morgan fingerprint density at radius 3 is 1.39 bits per heavy atom. The van der Waals surface area contributed by atoms with E-state index in [-0.39, 0.29) is 76.7 Å². The first kappa shape index (κ1) is 65.2. The molecule has 2 saturated heterocycles. The molecule has 0 unspecified atom stereocenters. The number of ether oxygens (including phenoxy) is 4. The number of fused-ring (bicyclic) bond motifs is 2. The highest BCUT2D eigenvalue weighted by Gasteiger charge is 2.32. The summed E-state index contributed by atoms with van der Waals surface area (Å²) < 4.78 is 25.6. The Morgan fingerprint density at radius 2 is 0.968 bits per heavy atom. The highest BCUT2D eigenvalue weighted by atomic mass is 16.5. The Labute approximate surface area is 544 Å². The molecule has 8 aromatic rings. The van der Waals surface area contributed by atoms with E-state index >= 15 is 0 Å². The third-order valence-electron chi connectivity index (χ3n) is 17.0. The highest BCUT2D eigenvalue weighted by Crippen LogP contribution is 2.39. The van der Waals surface area contributed by atoms with Crippen LogP contribution < -0.4 is 41.0 Å². The van der Waals surface area contributed by atoms with Crippen molar-refractivity contribution >= 4 is 64.3 Å². The van der Waals surface area contributed by atoms with Crippen molar-refractivity contribution in [3.8, 4) is 33.8 Å². The number of amides is 4. The van der Waals surface area contributed by atoms with Crippen molar-refractivity contribution in [1.29, 1.82) is 0 Å². The van der Waals surface area contributed by atoms with E-state index in [9.17, 15) is 38.7 Å². The Bertz CT molecular complexity index is 4330. The minimum atomic E-state index is -0.336. The third kappa shape index (κ3) is 13.9. The Morgan fingerprint density at radius 1 is 0.532 bits per heavy atom. The van der Waals surface area contributed by atoms with E-state index in [0.717, 1.165) is 17.4 Å². The van der Waals surface area contributed by atoms with Gasteiger partial charge in [0.25, 0.3) is 34.7 Å². The quantitative estimate of drug-likeness (QED) is 0.0964. The van der Waals surface area contributed by atoms with Gasteiger partial charge in [0.2, 0.25) is 0 Å². The van der Waals surface area contributed by atoms with E-state index in [4.69, 9.17) is 18.9 Å². The van der Waals surface area contributed by atoms with Gasteiger partial charge in [0, 0.05) is 87.3 Å². The van der Waals surface area contributed by atoms with Crippen molar-refractivity contribution in [1.82, 2.24) is 28.9 Å². The average molecular weight is 1270 g/mol. The van der Waals surface area contributed by atoms with Crippen molar-refractivity contribution in [2.75, 3.05) is 99.3 Å². The molecule has 94 heavy (non-hydrogen) atoms. The van der Waals surface area contributed by atoms with Crippen LogP contribution in [0, 0.1) is 0 Å². The number of aromatic nitrogens is 4.